The van der Waals surface area contributed by atoms with Crippen LogP contribution < -0.4 is 10.1 Å². The maximum Gasteiger partial charge on any atom is 0.264 e. The zero-order chi connectivity index (χ0) is 18.0. The summed E-state index contributed by atoms with van der Waals surface area (Å²) in [6.45, 7) is 0. The van der Waals surface area contributed by atoms with Crippen molar-refractivity contribution in [1.82, 2.24) is 5.32 Å². The first kappa shape index (κ1) is 17.8. The predicted octanol–water partition coefficient (Wildman–Crippen LogP) is 4.71. The number of thioether (sulfide) groups is 1. The van der Waals surface area contributed by atoms with Crippen LogP contribution in [0.2, 0.25) is 5.02 Å². The van der Waals surface area contributed by atoms with E-state index in [0.717, 1.165) is 0 Å². The standard InChI is InChI=1S/C17H12BrClN2O3S/c1-24-12-7-6-9(14(18)15(12)22)8-13-16(23)21-17(25-13)20-11-5-3-2-4-10(11)19/h2-8,22H,1H3,(H,20,21,23)/b13-8+. The Morgan fingerprint density at radius 1 is 1.32 bits per heavy atom. The maximum absolute atomic E-state index is 12.2. The van der Waals surface area contributed by atoms with Gasteiger partial charge in [0.1, 0.15) is 0 Å². The molecule has 1 aliphatic heterocycles. The van der Waals surface area contributed by atoms with Crippen LogP contribution >= 0.6 is 39.3 Å². The molecule has 2 aromatic rings. The van der Waals surface area contributed by atoms with Gasteiger partial charge in [0.2, 0.25) is 0 Å². The van der Waals surface area contributed by atoms with Gasteiger partial charge in [0.15, 0.2) is 16.7 Å². The van der Waals surface area contributed by atoms with Gasteiger partial charge < -0.3 is 15.2 Å². The molecular formula is C17H12BrClN2O3S. The summed E-state index contributed by atoms with van der Waals surface area (Å²) < 4.78 is 5.50. The third kappa shape index (κ3) is 3.84. The van der Waals surface area contributed by atoms with Crippen molar-refractivity contribution in [2.45, 2.75) is 0 Å². The number of carbonyl (C=O) groups excluding carboxylic acids is 1. The summed E-state index contributed by atoms with van der Waals surface area (Å²) in [6.07, 6.45) is 1.67. The lowest BCUT2D eigenvalue weighted by molar-refractivity contribution is -0.115. The third-order valence-corrected chi connectivity index (χ3v) is 5.40. The molecule has 2 N–H and O–H groups in total. The smallest absolute Gasteiger partial charge is 0.264 e. The molecule has 5 nitrogen and oxygen atoms in total. The molecule has 3 rings (SSSR count). The summed E-state index contributed by atoms with van der Waals surface area (Å²) in [5.41, 5.74) is 1.23. The molecule has 0 radical (unpaired) electrons. The molecule has 25 heavy (non-hydrogen) atoms. The third-order valence-electron chi connectivity index (χ3n) is 3.34. The number of phenolic OH excluding ortho intramolecular Hbond substituents is 1. The van der Waals surface area contributed by atoms with Crippen LogP contribution in [0.25, 0.3) is 6.08 Å². The van der Waals surface area contributed by atoms with E-state index in [-0.39, 0.29) is 11.7 Å². The van der Waals surface area contributed by atoms with E-state index in [1.165, 1.54) is 18.9 Å². The summed E-state index contributed by atoms with van der Waals surface area (Å²) >= 11 is 10.6. The van der Waals surface area contributed by atoms with Crippen LogP contribution in [0.5, 0.6) is 11.5 Å². The number of ether oxygens (including phenoxy) is 1. The fraction of sp³-hybridized carbons (Fsp3) is 0.0588. The quantitative estimate of drug-likeness (QED) is 0.680. The number of aromatic hydroxyl groups is 1. The molecule has 0 bridgehead atoms. The number of nitrogens with one attached hydrogen (secondary N) is 1. The van der Waals surface area contributed by atoms with Gasteiger partial charge in [-0.05, 0) is 63.6 Å². The van der Waals surface area contributed by atoms with Crippen molar-refractivity contribution in [3.63, 3.8) is 0 Å². The molecule has 0 saturated carbocycles. The number of aliphatic imine (C=N–C) groups is 1. The van der Waals surface area contributed by atoms with Gasteiger partial charge in [-0.2, -0.15) is 0 Å². The number of methoxy groups -OCH3 is 1. The molecule has 2 aromatic carbocycles. The molecule has 0 unspecified atom stereocenters. The van der Waals surface area contributed by atoms with E-state index in [0.29, 0.717) is 36.6 Å². The molecule has 0 atom stereocenters. The van der Waals surface area contributed by atoms with Crippen molar-refractivity contribution in [2.24, 2.45) is 4.99 Å². The first-order valence-corrected chi connectivity index (χ1v) is 9.08. The average Bonchev–Trinajstić information content (AvgIpc) is 2.94. The number of amidine groups is 1. The summed E-state index contributed by atoms with van der Waals surface area (Å²) in [4.78, 5) is 17.0. The van der Waals surface area contributed by atoms with Gasteiger partial charge in [-0.15, -0.1) is 0 Å². The highest BCUT2D eigenvalue weighted by atomic mass is 79.9. The summed E-state index contributed by atoms with van der Waals surface area (Å²) in [5.74, 6) is 0.0572. The van der Waals surface area contributed by atoms with Gasteiger partial charge in [-0.3, -0.25) is 4.79 Å². The maximum atomic E-state index is 12.2. The Balaban J connectivity index is 1.90. The zero-order valence-electron chi connectivity index (χ0n) is 12.9. The fourth-order valence-corrected chi connectivity index (χ4v) is 3.56. The second-order valence-electron chi connectivity index (χ2n) is 4.95. The highest BCUT2D eigenvalue weighted by Crippen LogP contribution is 2.39. The second-order valence-corrected chi connectivity index (χ2v) is 7.18. The molecule has 1 heterocycles. The first-order chi connectivity index (χ1) is 12.0. The molecule has 0 spiro atoms. The summed E-state index contributed by atoms with van der Waals surface area (Å²) in [6, 6.07) is 10.5. The number of phenols is 1. The Labute approximate surface area is 161 Å². The molecule has 1 fully saturated rings. The monoisotopic (exact) mass is 438 g/mol. The topological polar surface area (TPSA) is 70.9 Å². The highest BCUT2D eigenvalue weighted by molar-refractivity contribution is 9.10. The minimum atomic E-state index is -0.266. The van der Waals surface area contributed by atoms with Crippen molar-refractivity contribution >= 4 is 62.1 Å². The lowest BCUT2D eigenvalue weighted by Crippen LogP contribution is -2.19. The molecule has 1 aliphatic rings. The average molecular weight is 440 g/mol. The molecule has 128 valence electrons. The molecule has 1 saturated heterocycles. The van der Waals surface area contributed by atoms with E-state index in [1.54, 1.807) is 30.3 Å². The van der Waals surface area contributed by atoms with Crippen LogP contribution in [-0.4, -0.2) is 23.3 Å². The Morgan fingerprint density at radius 3 is 2.80 bits per heavy atom. The zero-order valence-corrected chi connectivity index (χ0v) is 16.1. The van der Waals surface area contributed by atoms with E-state index in [1.807, 2.05) is 12.1 Å². The van der Waals surface area contributed by atoms with E-state index < -0.39 is 0 Å². The summed E-state index contributed by atoms with van der Waals surface area (Å²) in [7, 11) is 1.47. The number of para-hydroxylation sites is 1. The Morgan fingerprint density at radius 2 is 2.08 bits per heavy atom. The van der Waals surface area contributed by atoms with E-state index >= 15 is 0 Å². The molecule has 1 amide bonds. The number of benzene rings is 2. The first-order valence-electron chi connectivity index (χ1n) is 7.09. The van der Waals surface area contributed by atoms with Crippen molar-refractivity contribution in [3.8, 4) is 11.5 Å². The molecular weight excluding hydrogens is 428 g/mol. The minimum absolute atomic E-state index is 0.0230. The van der Waals surface area contributed by atoms with E-state index in [9.17, 15) is 9.90 Å². The van der Waals surface area contributed by atoms with Crippen molar-refractivity contribution < 1.29 is 14.6 Å². The van der Waals surface area contributed by atoms with Gasteiger partial charge >= 0.3 is 0 Å². The van der Waals surface area contributed by atoms with Crippen molar-refractivity contribution in [3.05, 3.63) is 56.4 Å². The van der Waals surface area contributed by atoms with Gasteiger partial charge in [0.05, 0.1) is 27.2 Å². The number of carbonyl (C=O) groups is 1. The molecule has 0 aliphatic carbocycles. The highest BCUT2D eigenvalue weighted by Gasteiger charge is 2.24. The lowest BCUT2D eigenvalue weighted by atomic mass is 10.2. The molecule has 0 aromatic heterocycles. The van der Waals surface area contributed by atoms with Crippen molar-refractivity contribution in [2.75, 3.05) is 7.11 Å². The van der Waals surface area contributed by atoms with Crippen LogP contribution in [-0.2, 0) is 4.79 Å². The van der Waals surface area contributed by atoms with Crippen LogP contribution in [0.3, 0.4) is 0 Å². The van der Waals surface area contributed by atoms with Crippen LogP contribution in [0.4, 0.5) is 5.69 Å². The Bertz CT molecular complexity index is 915. The second kappa shape index (κ2) is 7.51. The number of rotatable bonds is 3. The Kier molecular flexibility index (Phi) is 5.36. The van der Waals surface area contributed by atoms with Crippen LogP contribution in [0, 0.1) is 0 Å². The van der Waals surface area contributed by atoms with Gasteiger partial charge in [-0.1, -0.05) is 23.7 Å². The van der Waals surface area contributed by atoms with Crippen LogP contribution in [0.1, 0.15) is 5.56 Å². The number of halogens is 2. The molecule has 8 heteroatoms. The number of nitrogens with zero attached hydrogens (tertiary/aromatic N) is 1. The van der Waals surface area contributed by atoms with Crippen LogP contribution in [0.15, 0.2) is 50.8 Å². The van der Waals surface area contributed by atoms with Crippen molar-refractivity contribution in [1.29, 1.82) is 0 Å². The van der Waals surface area contributed by atoms with E-state index in [4.69, 9.17) is 16.3 Å². The number of hydrogen-bond acceptors (Lipinski definition) is 5. The summed E-state index contributed by atoms with van der Waals surface area (Å²) in [5, 5.41) is 13.7. The van der Waals surface area contributed by atoms with Gasteiger partial charge in [0, 0.05) is 0 Å². The SMILES string of the molecule is COc1ccc(/C=C2/SC(=Nc3ccccc3Cl)NC2=O)c(Br)c1O. The Hall–Kier alpha value is -1.96. The van der Waals surface area contributed by atoms with Gasteiger partial charge in [-0.25, -0.2) is 4.99 Å². The minimum Gasteiger partial charge on any atom is -0.503 e. The number of amides is 1. The largest absolute Gasteiger partial charge is 0.503 e. The van der Waals surface area contributed by atoms with Gasteiger partial charge in [0.25, 0.3) is 5.91 Å². The number of hydrogen-bond donors (Lipinski definition) is 2. The van der Waals surface area contributed by atoms with E-state index in [2.05, 4.69) is 26.2 Å². The fourth-order valence-electron chi connectivity index (χ4n) is 2.11. The lowest BCUT2D eigenvalue weighted by Gasteiger charge is -2.07. The predicted molar refractivity (Wildman–Crippen MR) is 105 cm³/mol. The normalized spacial score (nSPS) is 17.2.